The van der Waals surface area contributed by atoms with Gasteiger partial charge in [0.1, 0.15) is 0 Å². The largest absolute Gasteiger partial charge is 0.361 e. The van der Waals surface area contributed by atoms with Gasteiger partial charge in [-0.25, -0.2) is 0 Å². The molecule has 0 aliphatic rings. The van der Waals surface area contributed by atoms with Crippen LogP contribution in [0.1, 0.15) is 5.56 Å². The van der Waals surface area contributed by atoms with Crippen molar-refractivity contribution >= 4 is 22.5 Å². The number of hydrogen-bond acceptors (Lipinski definition) is 2. The van der Waals surface area contributed by atoms with Crippen LogP contribution in [0.15, 0.2) is 24.4 Å². The molecule has 2 aromatic rings. The number of fused-ring (bicyclic) bond motifs is 1. The molecule has 1 aromatic heterocycles. The van der Waals surface area contributed by atoms with Gasteiger partial charge in [-0.05, 0) is 17.7 Å². The molecule has 0 bridgehead atoms. The number of halogens is 1. The topological polar surface area (TPSA) is 53.8 Å². The molecule has 4 N–H and O–H groups in total. The standard InChI is InChI=1S/C11H14ClN3/c12-9-1-2-10-8(6-14-4-3-13)7-15-11(10)5-9/h1-2,5,7,14-15H,3-4,6,13H2. The summed E-state index contributed by atoms with van der Waals surface area (Å²) in [7, 11) is 0. The number of rotatable bonds is 4. The van der Waals surface area contributed by atoms with E-state index in [1.807, 2.05) is 24.4 Å². The van der Waals surface area contributed by atoms with Crippen LogP contribution in [-0.4, -0.2) is 18.1 Å². The maximum absolute atomic E-state index is 5.90. The van der Waals surface area contributed by atoms with Crippen molar-refractivity contribution in [2.24, 2.45) is 5.73 Å². The number of nitrogens with two attached hydrogens (primary N) is 1. The molecule has 80 valence electrons. The zero-order chi connectivity index (χ0) is 10.7. The van der Waals surface area contributed by atoms with E-state index in [1.54, 1.807) is 0 Å². The van der Waals surface area contributed by atoms with Gasteiger partial charge in [0.05, 0.1) is 0 Å². The normalized spacial score (nSPS) is 11.1. The van der Waals surface area contributed by atoms with Gasteiger partial charge in [-0.2, -0.15) is 0 Å². The zero-order valence-corrected chi connectivity index (χ0v) is 9.14. The van der Waals surface area contributed by atoms with Gasteiger partial charge in [0.15, 0.2) is 0 Å². The number of hydrogen-bond donors (Lipinski definition) is 3. The summed E-state index contributed by atoms with van der Waals surface area (Å²) in [5.41, 5.74) is 7.73. The number of benzene rings is 1. The minimum Gasteiger partial charge on any atom is -0.361 e. The molecule has 0 saturated heterocycles. The van der Waals surface area contributed by atoms with Crippen LogP contribution in [0.25, 0.3) is 10.9 Å². The van der Waals surface area contributed by atoms with Crippen molar-refractivity contribution in [3.05, 3.63) is 35.0 Å². The van der Waals surface area contributed by atoms with Crippen LogP contribution >= 0.6 is 11.6 Å². The van der Waals surface area contributed by atoms with E-state index >= 15 is 0 Å². The average Bonchev–Trinajstić information content (AvgIpc) is 2.61. The lowest BCUT2D eigenvalue weighted by Crippen LogP contribution is -2.21. The molecule has 0 radical (unpaired) electrons. The Hall–Kier alpha value is -1.03. The Morgan fingerprint density at radius 2 is 2.27 bits per heavy atom. The molecule has 2 rings (SSSR count). The van der Waals surface area contributed by atoms with Crippen molar-refractivity contribution in [3.63, 3.8) is 0 Å². The second kappa shape index (κ2) is 4.66. The van der Waals surface area contributed by atoms with Gasteiger partial charge < -0.3 is 16.0 Å². The molecule has 0 saturated carbocycles. The van der Waals surface area contributed by atoms with E-state index in [4.69, 9.17) is 17.3 Å². The van der Waals surface area contributed by atoms with Crippen molar-refractivity contribution in [3.8, 4) is 0 Å². The second-order valence-electron chi connectivity index (χ2n) is 3.47. The van der Waals surface area contributed by atoms with Gasteiger partial charge in [0.2, 0.25) is 0 Å². The zero-order valence-electron chi connectivity index (χ0n) is 8.39. The molecule has 0 aliphatic heterocycles. The molecule has 0 unspecified atom stereocenters. The molecule has 0 atom stereocenters. The summed E-state index contributed by atoms with van der Waals surface area (Å²) in [5, 5.41) is 5.23. The SMILES string of the molecule is NCCNCc1c[nH]c2cc(Cl)ccc12. The highest BCUT2D eigenvalue weighted by Gasteiger charge is 2.02. The van der Waals surface area contributed by atoms with Crippen LogP contribution in [0.2, 0.25) is 5.02 Å². The van der Waals surface area contributed by atoms with Crippen molar-refractivity contribution in [2.45, 2.75) is 6.54 Å². The first-order chi connectivity index (χ1) is 7.31. The highest BCUT2D eigenvalue weighted by Crippen LogP contribution is 2.21. The van der Waals surface area contributed by atoms with E-state index in [-0.39, 0.29) is 0 Å². The third-order valence-electron chi connectivity index (χ3n) is 2.37. The Morgan fingerprint density at radius 3 is 3.07 bits per heavy atom. The van der Waals surface area contributed by atoms with E-state index in [2.05, 4.69) is 10.3 Å². The Kier molecular flexibility index (Phi) is 3.26. The van der Waals surface area contributed by atoms with Crippen LogP contribution in [-0.2, 0) is 6.54 Å². The summed E-state index contributed by atoms with van der Waals surface area (Å²) < 4.78 is 0. The van der Waals surface area contributed by atoms with Crippen molar-refractivity contribution < 1.29 is 0 Å². The van der Waals surface area contributed by atoms with Gasteiger partial charge in [0.25, 0.3) is 0 Å². The molecule has 0 fully saturated rings. The van der Waals surface area contributed by atoms with Crippen LogP contribution in [0.3, 0.4) is 0 Å². The summed E-state index contributed by atoms with van der Waals surface area (Å²) >= 11 is 5.90. The fourth-order valence-corrected chi connectivity index (χ4v) is 1.80. The predicted molar refractivity (Wildman–Crippen MR) is 64.1 cm³/mol. The summed E-state index contributed by atoms with van der Waals surface area (Å²) in [6.45, 7) is 2.33. The van der Waals surface area contributed by atoms with Gasteiger partial charge in [-0.1, -0.05) is 17.7 Å². The fraction of sp³-hybridized carbons (Fsp3) is 0.273. The number of aromatic nitrogens is 1. The first-order valence-electron chi connectivity index (χ1n) is 4.97. The lowest BCUT2D eigenvalue weighted by atomic mass is 10.2. The molecule has 0 amide bonds. The summed E-state index contributed by atoms with van der Waals surface area (Å²) in [5.74, 6) is 0. The van der Waals surface area contributed by atoms with E-state index in [9.17, 15) is 0 Å². The Balaban J connectivity index is 2.21. The second-order valence-corrected chi connectivity index (χ2v) is 3.91. The molecular formula is C11H14ClN3. The first-order valence-corrected chi connectivity index (χ1v) is 5.35. The minimum absolute atomic E-state index is 0.661. The summed E-state index contributed by atoms with van der Waals surface area (Å²) in [4.78, 5) is 3.20. The van der Waals surface area contributed by atoms with Gasteiger partial charge in [-0.3, -0.25) is 0 Å². The number of aromatic amines is 1. The number of H-pyrrole nitrogens is 1. The monoisotopic (exact) mass is 223 g/mol. The molecule has 0 spiro atoms. The Labute approximate surface area is 93.6 Å². The number of nitrogens with one attached hydrogen (secondary N) is 2. The smallest absolute Gasteiger partial charge is 0.0472 e. The van der Waals surface area contributed by atoms with E-state index < -0.39 is 0 Å². The van der Waals surface area contributed by atoms with Crippen LogP contribution in [0, 0.1) is 0 Å². The lowest BCUT2D eigenvalue weighted by molar-refractivity contribution is 0.698. The molecule has 15 heavy (non-hydrogen) atoms. The van der Waals surface area contributed by atoms with Crippen LogP contribution in [0.4, 0.5) is 0 Å². The van der Waals surface area contributed by atoms with E-state index in [1.165, 1.54) is 10.9 Å². The average molecular weight is 224 g/mol. The van der Waals surface area contributed by atoms with Crippen LogP contribution < -0.4 is 11.1 Å². The van der Waals surface area contributed by atoms with Gasteiger partial charge in [-0.15, -0.1) is 0 Å². The third-order valence-corrected chi connectivity index (χ3v) is 2.60. The van der Waals surface area contributed by atoms with Crippen LogP contribution in [0.5, 0.6) is 0 Å². The fourth-order valence-electron chi connectivity index (χ4n) is 1.63. The molecule has 1 heterocycles. The highest BCUT2D eigenvalue weighted by molar-refractivity contribution is 6.31. The lowest BCUT2D eigenvalue weighted by Gasteiger charge is -2.01. The maximum atomic E-state index is 5.90. The quantitative estimate of drug-likeness (QED) is 0.694. The van der Waals surface area contributed by atoms with Gasteiger partial charge >= 0.3 is 0 Å². The van der Waals surface area contributed by atoms with Crippen molar-refractivity contribution in [1.82, 2.24) is 10.3 Å². The Morgan fingerprint density at radius 1 is 1.40 bits per heavy atom. The predicted octanol–water partition coefficient (Wildman–Crippen LogP) is 1.87. The third kappa shape index (κ3) is 2.31. The maximum Gasteiger partial charge on any atom is 0.0472 e. The van der Waals surface area contributed by atoms with Gasteiger partial charge in [0, 0.05) is 41.8 Å². The molecule has 3 nitrogen and oxygen atoms in total. The van der Waals surface area contributed by atoms with E-state index in [0.717, 1.165) is 23.6 Å². The molecule has 1 aromatic carbocycles. The van der Waals surface area contributed by atoms with Crippen molar-refractivity contribution in [1.29, 1.82) is 0 Å². The van der Waals surface area contributed by atoms with Crippen molar-refractivity contribution in [2.75, 3.05) is 13.1 Å². The molecule has 4 heteroatoms. The molecular weight excluding hydrogens is 210 g/mol. The minimum atomic E-state index is 0.661. The first kappa shape index (κ1) is 10.5. The summed E-state index contributed by atoms with van der Waals surface area (Å²) in [6.07, 6.45) is 2.00. The summed E-state index contributed by atoms with van der Waals surface area (Å²) in [6, 6.07) is 5.88. The Bertz CT molecular complexity index is 450. The highest BCUT2D eigenvalue weighted by atomic mass is 35.5. The molecule has 0 aliphatic carbocycles. The van der Waals surface area contributed by atoms with E-state index in [0.29, 0.717) is 6.54 Å².